The minimum absolute atomic E-state index is 0.0448. The van der Waals surface area contributed by atoms with E-state index in [4.69, 9.17) is 18.0 Å². The van der Waals surface area contributed by atoms with Gasteiger partial charge < -0.3 is 11.1 Å². The molecule has 0 aromatic rings. The van der Waals surface area contributed by atoms with Crippen LogP contribution in [-0.4, -0.2) is 16.9 Å². The number of amides is 1. The summed E-state index contributed by atoms with van der Waals surface area (Å²) in [6, 6.07) is -0.156. The van der Waals surface area contributed by atoms with Crippen LogP contribution < -0.4 is 11.1 Å². The fourth-order valence-corrected chi connectivity index (χ4v) is 1.48. The quantitative estimate of drug-likeness (QED) is 0.663. The van der Waals surface area contributed by atoms with E-state index in [0.29, 0.717) is 4.99 Å². The van der Waals surface area contributed by atoms with Crippen molar-refractivity contribution in [3.8, 4) is 0 Å². The van der Waals surface area contributed by atoms with E-state index in [2.05, 4.69) is 12.2 Å². The third kappa shape index (κ3) is 4.56. The summed E-state index contributed by atoms with van der Waals surface area (Å²) in [4.78, 5) is 11.9. The van der Waals surface area contributed by atoms with E-state index >= 15 is 0 Å². The van der Waals surface area contributed by atoms with E-state index in [1.807, 2.05) is 13.8 Å². The highest BCUT2D eigenvalue weighted by atomic mass is 32.1. The highest BCUT2D eigenvalue weighted by Crippen LogP contribution is 2.05. The molecule has 0 radical (unpaired) electrons. The molecule has 0 rings (SSSR count). The van der Waals surface area contributed by atoms with Crippen LogP contribution in [0.2, 0.25) is 0 Å². The zero-order valence-corrected chi connectivity index (χ0v) is 9.99. The first-order chi connectivity index (χ1) is 6.52. The molecule has 2 unspecified atom stereocenters. The molecule has 0 fully saturated rings. The van der Waals surface area contributed by atoms with Gasteiger partial charge in [0.2, 0.25) is 5.91 Å². The summed E-state index contributed by atoms with van der Waals surface area (Å²) in [6.45, 7) is 5.94. The number of hydrogen-bond donors (Lipinski definition) is 2. The van der Waals surface area contributed by atoms with Crippen molar-refractivity contribution >= 4 is 23.1 Å². The van der Waals surface area contributed by atoms with Gasteiger partial charge in [-0.1, -0.05) is 39.4 Å². The number of carbonyl (C=O) groups is 1. The van der Waals surface area contributed by atoms with Crippen LogP contribution in [0.4, 0.5) is 0 Å². The van der Waals surface area contributed by atoms with Gasteiger partial charge in [-0.15, -0.1) is 0 Å². The molecule has 3 nitrogen and oxygen atoms in total. The molecule has 0 saturated heterocycles. The molecule has 0 aliphatic rings. The molecule has 2 atom stereocenters. The van der Waals surface area contributed by atoms with E-state index in [1.54, 1.807) is 0 Å². The van der Waals surface area contributed by atoms with Gasteiger partial charge in [-0.3, -0.25) is 4.79 Å². The average Bonchev–Trinajstić information content (AvgIpc) is 2.13. The summed E-state index contributed by atoms with van der Waals surface area (Å²) in [5.41, 5.74) is 5.49. The van der Waals surface area contributed by atoms with Gasteiger partial charge in [-0.05, 0) is 12.8 Å². The Bertz CT molecular complexity index is 206. The lowest BCUT2D eigenvalue weighted by atomic mass is 10.0. The maximum absolute atomic E-state index is 11.6. The molecular formula is C10H20N2OS. The second-order valence-electron chi connectivity index (χ2n) is 3.56. The molecule has 3 N–H and O–H groups in total. The van der Waals surface area contributed by atoms with Crippen LogP contribution in [0, 0.1) is 5.92 Å². The van der Waals surface area contributed by atoms with Crippen molar-refractivity contribution < 1.29 is 4.79 Å². The molecule has 0 aliphatic heterocycles. The van der Waals surface area contributed by atoms with Crippen LogP contribution in [0.15, 0.2) is 0 Å². The first-order valence-corrected chi connectivity index (χ1v) is 5.53. The number of nitrogens with one attached hydrogen (secondary N) is 1. The van der Waals surface area contributed by atoms with Gasteiger partial charge in [0.25, 0.3) is 0 Å². The second-order valence-corrected chi connectivity index (χ2v) is 4.03. The summed E-state index contributed by atoms with van der Waals surface area (Å²) in [5, 5.41) is 2.85. The maximum atomic E-state index is 11.6. The molecular weight excluding hydrogens is 196 g/mol. The fraction of sp³-hybridized carbons (Fsp3) is 0.800. The normalized spacial score (nSPS) is 14.5. The Morgan fingerprint density at radius 2 is 2.07 bits per heavy atom. The van der Waals surface area contributed by atoms with E-state index < -0.39 is 0 Å². The summed E-state index contributed by atoms with van der Waals surface area (Å²) in [7, 11) is 0. The molecule has 0 heterocycles. The zero-order chi connectivity index (χ0) is 11.1. The molecule has 0 aromatic heterocycles. The van der Waals surface area contributed by atoms with Gasteiger partial charge >= 0.3 is 0 Å². The number of rotatable bonds is 6. The maximum Gasteiger partial charge on any atom is 0.223 e. The molecule has 4 heteroatoms. The van der Waals surface area contributed by atoms with Crippen LogP contribution >= 0.6 is 12.2 Å². The third-order valence-corrected chi connectivity index (χ3v) is 2.52. The summed E-state index contributed by atoms with van der Waals surface area (Å²) in [6.07, 6.45) is 2.66. The number of hydrogen-bond acceptors (Lipinski definition) is 2. The van der Waals surface area contributed by atoms with Crippen molar-refractivity contribution in [3.63, 3.8) is 0 Å². The molecule has 0 aliphatic carbocycles. The van der Waals surface area contributed by atoms with E-state index in [1.165, 1.54) is 0 Å². The van der Waals surface area contributed by atoms with Gasteiger partial charge in [0, 0.05) is 5.92 Å². The second kappa shape index (κ2) is 6.76. The Kier molecular flexibility index (Phi) is 6.45. The Morgan fingerprint density at radius 1 is 1.50 bits per heavy atom. The third-order valence-electron chi connectivity index (χ3n) is 2.24. The topological polar surface area (TPSA) is 55.1 Å². The smallest absolute Gasteiger partial charge is 0.223 e. The van der Waals surface area contributed by atoms with Crippen LogP contribution in [0.25, 0.3) is 0 Å². The van der Waals surface area contributed by atoms with Crippen molar-refractivity contribution in [2.24, 2.45) is 11.7 Å². The van der Waals surface area contributed by atoms with Gasteiger partial charge in [-0.25, -0.2) is 0 Å². The Morgan fingerprint density at radius 3 is 2.43 bits per heavy atom. The van der Waals surface area contributed by atoms with Crippen LogP contribution in [0.1, 0.15) is 40.0 Å². The standard InChI is InChI=1S/C10H20N2OS/c1-4-6-7(3)10(13)12-8(5-2)9(11)14/h7-8H,4-6H2,1-3H3,(H2,11,14)(H,12,13). The average molecular weight is 216 g/mol. The molecule has 14 heavy (non-hydrogen) atoms. The number of carbonyl (C=O) groups excluding carboxylic acids is 1. The highest BCUT2D eigenvalue weighted by Gasteiger charge is 2.17. The summed E-state index contributed by atoms with van der Waals surface area (Å²) < 4.78 is 0. The zero-order valence-electron chi connectivity index (χ0n) is 9.17. The molecule has 0 bridgehead atoms. The van der Waals surface area contributed by atoms with Crippen LogP contribution in [-0.2, 0) is 4.79 Å². The summed E-state index contributed by atoms with van der Waals surface area (Å²) >= 11 is 4.85. The van der Waals surface area contributed by atoms with E-state index in [9.17, 15) is 4.79 Å². The lowest BCUT2D eigenvalue weighted by molar-refractivity contribution is -0.125. The Balaban J connectivity index is 4.08. The van der Waals surface area contributed by atoms with Crippen LogP contribution in [0.5, 0.6) is 0 Å². The fourth-order valence-electron chi connectivity index (χ4n) is 1.25. The minimum Gasteiger partial charge on any atom is -0.392 e. The van der Waals surface area contributed by atoms with Gasteiger partial charge in [0.15, 0.2) is 0 Å². The SMILES string of the molecule is CCCC(C)C(=O)NC(CC)C(N)=S. The predicted molar refractivity (Wildman–Crippen MR) is 63.1 cm³/mol. The molecule has 0 spiro atoms. The number of thiocarbonyl (C=S) groups is 1. The molecule has 0 aromatic carbocycles. The van der Waals surface area contributed by atoms with Crippen molar-refractivity contribution in [3.05, 3.63) is 0 Å². The van der Waals surface area contributed by atoms with Gasteiger partial charge in [-0.2, -0.15) is 0 Å². The van der Waals surface area contributed by atoms with Crippen molar-refractivity contribution in [2.45, 2.75) is 46.1 Å². The minimum atomic E-state index is -0.156. The first kappa shape index (κ1) is 13.4. The van der Waals surface area contributed by atoms with Crippen molar-refractivity contribution in [1.82, 2.24) is 5.32 Å². The van der Waals surface area contributed by atoms with Crippen molar-refractivity contribution in [1.29, 1.82) is 0 Å². The van der Waals surface area contributed by atoms with Gasteiger partial charge in [0.05, 0.1) is 11.0 Å². The molecule has 82 valence electrons. The molecule has 1 amide bonds. The van der Waals surface area contributed by atoms with E-state index in [-0.39, 0.29) is 17.9 Å². The lowest BCUT2D eigenvalue weighted by Crippen LogP contribution is -2.44. The van der Waals surface area contributed by atoms with Crippen LogP contribution in [0.3, 0.4) is 0 Å². The predicted octanol–water partition coefficient (Wildman–Crippen LogP) is 1.60. The van der Waals surface area contributed by atoms with E-state index in [0.717, 1.165) is 19.3 Å². The number of nitrogens with two attached hydrogens (primary N) is 1. The Labute approximate surface area is 91.4 Å². The highest BCUT2D eigenvalue weighted by molar-refractivity contribution is 7.80. The first-order valence-electron chi connectivity index (χ1n) is 5.12. The lowest BCUT2D eigenvalue weighted by Gasteiger charge is -2.18. The largest absolute Gasteiger partial charge is 0.392 e. The summed E-state index contributed by atoms with van der Waals surface area (Å²) in [5.74, 6) is 0.0925. The monoisotopic (exact) mass is 216 g/mol. The molecule has 0 saturated carbocycles. The van der Waals surface area contributed by atoms with Gasteiger partial charge in [0.1, 0.15) is 0 Å². The Hall–Kier alpha value is -0.640. The van der Waals surface area contributed by atoms with Crippen molar-refractivity contribution in [2.75, 3.05) is 0 Å².